The second-order valence-electron chi connectivity index (χ2n) is 8.04. The van der Waals surface area contributed by atoms with Crippen molar-refractivity contribution in [1.82, 2.24) is 0 Å². The lowest BCUT2D eigenvalue weighted by molar-refractivity contribution is 0.426. The molecule has 4 heteroatoms. The Labute approximate surface area is 186 Å². The predicted octanol–water partition coefficient (Wildman–Crippen LogP) is 5.73. The van der Waals surface area contributed by atoms with E-state index >= 15 is 0 Å². The highest BCUT2D eigenvalue weighted by Crippen LogP contribution is 2.43. The van der Waals surface area contributed by atoms with Crippen LogP contribution in [0.25, 0.3) is 32.3 Å². The van der Waals surface area contributed by atoms with Crippen molar-refractivity contribution in [2.75, 3.05) is 4.90 Å². The Kier molecular flexibility index (Phi) is 4.35. The molecule has 0 atom stereocenters. The van der Waals surface area contributed by atoms with Gasteiger partial charge in [-0.15, -0.1) is 0 Å². The molecule has 0 spiro atoms. The molecule has 6 aromatic rings. The molecule has 0 bridgehead atoms. The maximum Gasteiger partial charge on any atom is 0.489 e. The summed E-state index contributed by atoms with van der Waals surface area (Å²) >= 11 is 0. The van der Waals surface area contributed by atoms with Crippen molar-refractivity contribution in [2.45, 2.75) is 0 Å². The number of rotatable bonds is 4. The van der Waals surface area contributed by atoms with E-state index in [1.54, 1.807) is 6.07 Å². The highest BCUT2D eigenvalue weighted by atomic mass is 16.4. The quantitative estimate of drug-likeness (QED) is 0.286. The van der Waals surface area contributed by atoms with Crippen LogP contribution in [0.2, 0.25) is 0 Å². The first-order chi connectivity index (χ1) is 15.7. The van der Waals surface area contributed by atoms with Crippen LogP contribution in [0.3, 0.4) is 0 Å². The summed E-state index contributed by atoms with van der Waals surface area (Å²) in [7, 11) is -1.51. The number of para-hydroxylation sites is 2. The Hall–Kier alpha value is -3.86. The van der Waals surface area contributed by atoms with E-state index in [-0.39, 0.29) is 0 Å². The Bertz CT molecular complexity index is 1510. The second kappa shape index (κ2) is 7.38. The van der Waals surface area contributed by atoms with E-state index in [0.29, 0.717) is 5.46 Å². The summed E-state index contributed by atoms with van der Waals surface area (Å²) < 4.78 is 0. The molecule has 0 unspecified atom stereocenters. The third-order valence-corrected chi connectivity index (χ3v) is 6.22. The van der Waals surface area contributed by atoms with Crippen LogP contribution in [0.4, 0.5) is 17.1 Å². The molecular weight excluding hydrogens is 393 g/mol. The summed E-state index contributed by atoms with van der Waals surface area (Å²) in [5, 5.41) is 26.3. The molecule has 0 amide bonds. The number of nitrogens with zero attached hydrogens (tertiary/aromatic N) is 1. The van der Waals surface area contributed by atoms with Crippen molar-refractivity contribution in [2.24, 2.45) is 0 Å². The van der Waals surface area contributed by atoms with Crippen LogP contribution in [-0.4, -0.2) is 17.2 Å². The van der Waals surface area contributed by atoms with Gasteiger partial charge in [-0.2, -0.15) is 0 Å². The van der Waals surface area contributed by atoms with Crippen molar-refractivity contribution in [3.05, 3.63) is 109 Å². The first kappa shape index (κ1) is 18.9. The van der Waals surface area contributed by atoms with Crippen LogP contribution in [0.1, 0.15) is 0 Å². The van der Waals surface area contributed by atoms with Gasteiger partial charge in [0.2, 0.25) is 0 Å². The van der Waals surface area contributed by atoms with Gasteiger partial charge >= 0.3 is 7.12 Å². The van der Waals surface area contributed by atoms with Crippen molar-refractivity contribution >= 4 is 62.0 Å². The Morgan fingerprint density at radius 1 is 0.500 bits per heavy atom. The SMILES string of the molecule is OB(O)c1ccc2ccc3c(N(c4ccccc4)c4ccccc4)ccc4ccc1c2c43. The van der Waals surface area contributed by atoms with Gasteiger partial charge in [0.15, 0.2) is 0 Å². The lowest BCUT2D eigenvalue weighted by atomic mass is 9.75. The van der Waals surface area contributed by atoms with E-state index in [0.717, 1.165) is 49.4 Å². The van der Waals surface area contributed by atoms with E-state index in [1.807, 2.05) is 24.3 Å². The molecule has 2 N–H and O–H groups in total. The standard InChI is InChI=1S/C28H20BNO2/c31-29(32)25-17-13-19-12-16-24-26(18-14-20-11-15-23(25)27(19)28(20)24)30(21-7-3-1-4-8-21)22-9-5-2-6-10-22/h1-18,31-32H. The van der Waals surface area contributed by atoms with E-state index in [9.17, 15) is 10.0 Å². The van der Waals surface area contributed by atoms with E-state index in [4.69, 9.17) is 0 Å². The summed E-state index contributed by atoms with van der Waals surface area (Å²) in [4.78, 5) is 2.27. The first-order valence-electron chi connectivity index (χ1n) is 10.7. The molecule has 0 radical (unpaired) electrons. The van der Waals surface area contributed by atoms with Crippen LogP contribution in [-0.2, 0) is 0 Å². The zero-order valence-electron chi connectivity index (χ0n) is 17.3. The smallest absolute Gasteiger partial charge is 0.423 e. The number of anilines is 3. The normalized spacial score (nSPS) is 11.4. The second-order valence-corrected chi connectivity index (χ2v) is 8.04. The Morgan fingerprint density at radius 2 is 1.00 bits per heavy atom. The lowest BCUT2D eigenvalue weighted by Gasteiger charge is -2.27. The number of hydrogen-bond acceptors (Lipinski definition) is 3. The summed E-state index contributed by atoms with van der Waals surface area (Å²) in [6, 6.07) is 37.2. The molecule has 0 aliphatic heterocycles. The van der Waals surface area contributed by atoms with Gasteiger partial charge in [-0.1, -0.05) is 78.9 Å². The fraction of sp³-hybridized carbons (Fsp3) is 0. The van der Waals surface area contributed by atoms with E-state index in [2.05, 4.69) is 83.8 Å². The van der Waals surface area contributed by atoms with Gasteiger partial charge in [-0.25, -0.2) is 0 Å². The molecule has 32 heavy (non-hydrogen) atoms. The largest absolute Gasteiger partial charge is 0.489 e. The van der Waals surface area contributed by atoms with Gasteiger partial charge in [0.25, 0.3) is 0 Å². The molecule has 0 aliphatic carbocycles. The molecular formula is C28H20BNO2. The van der Waals surface area contributed by atoms with Crippen LogP contribution in [0.15, 0.2) is 109 Å². The molecule has 152 valence electrons. The minimum atomic E-state index is -1.51. The lowest BCUT2D eigenvalue weighted by Crippen LogP contribution is -2.30. The molecule has 0 heterocycles. The van der Waals surface area contributed by atoms with Gasteiger partial charge in [-0.3, -0.25) is 0 Å². The zero-order valence-corrected chi connectivity index (χ0v) is 17.3. The van der Waals surface area contributed by atoms with Gasteiger partial charge in [-0.05, 0) is 62.7 Å². The van der Waals surface area contributed by atoms with Crippen molar-refractivity contribution < 1.29 is 10.0 Å². The third-order valence-electron chi connectivity index (χ3n) is 6.22. The molecule has 0 aromatic heterocycles. The van der Waals surface area contributed by atoms with Crippen molar-refractivity contribution in [3.8, 4) is 0 Å². The van der Waals surface area contributed by atoms with Crippen LogP contribution < -0.4 is 10.4 Å². The average Bonchev–Trinajstić information content (AvgIpc) is 2.84. The highest BCUT2D eigenvalue weighted by Gasteiger charge is 2.21. The molecule has 6 aromatic carbocycles. The molecule has 3 nitrogen and oxygen atoms in total. The number of hydrogen-bond donors (Lipinski definition) is 2. The Balaban J connectivity index is 1.72. The molecule has 0 fully saturated rings. The molecule has 0 aliphatic rings. The monoisotopic (exact) mass is 413 g/mol. The first-order valence-corrected chi connectivity index (χ1v) is 10.7. The van der Waals surface area contributed by atoms with Crippen molar-refractivity contribution in [1.29, 1.82) is 0 Å². The van der Waals surface area contributed by atoms with Gasteiger partial charge in [0.1, 0.15) is 0 Å². The van der Waals surface area contributed by atoms with Crippen LogP contribution in [0.5, 0.6) is 0 Å². The predicted molar refractivity (Wildman–Crippen MR) is 135 cm³/mol. The number of benzene rings is 6. The molecule has 0 saturated heterocycles. The summed E-state index contributed by atoms with van der Waals surface area (Å²) in [5.74, 6) is 0. The minimum Gasteiger partial charge on any atom is -0.423 e. The highest BCUT2D eigenvalue weighted by molar-refractivity contribution is 6.62. The maximum absolute atomic E-state index is 9.94. The zero-order chi connectivity index (χ0) is 21.7. The van der Waals surface area contributed by atoms with Crippen LogP contribution in [0, 0.1) is 0 Å². The van der Waals surface area contributed by atoms with Gasteiger partial charge in [0, 0.05) is 16.8 Å². The fourth-order valence-corrected chi connectivity index (χ4v) is 4.81. The molecule has 6 rings (SSSR count). The Morgan fingerprint density at radius 3 is 1.59 bits per heavy atom. The topological polar surface area (TPSA) is 43.7 Å². The average molecular weight is 413 g/mol. The summed E-state index contributed by atoms with van der Waals surface area (Å²) in [5.41, 5.74) is 3.78. The summed E-state index contributed by atoms with van der Waals surface area (Å²) in [6.07, 6.45) is 0. The van der Waals surface area contributed by atoms with Gasteiger partial charge < -0.3 is 14.9 Å². The van der Waals surface area contributed by atoms with E-state index < -0.39 is 7.12 Å². The maximum atomic E-state index is 9.94. The van der Waals surface area contributed by atoms with Gasteiger partial charge in [0.05, 0.1) is 5.69 Å². The fourth-order valence-electron chi connectivity index (χ4n) is 4.81. The minimum absolute atomic E-state index is 0.528. The summed E-state index contributed by atoms with van der Waals surface area (Å²) in [6.45, 7) is 0. The van der Waals surface area contributed by atoms with Crippen molar-refractivity contribution in [3.63, 3.8) is 0 Å². The molecule has 0 saturated carbocycles. The third kappa shape index (κ3) is 2.85. The van der Waals surface area contributed by atoms with E-state index in [1.165, 1.54) is 0 Å². The van der Waals surface area contributed by atoms with Crippen LogP contribution >= 0.6 is 0 Å².